The summed E-state index contributed by atoms with van der Waals surface area (Å²) in [6.45, 7) is 1.56. The normalized spacial score (nSPS) is 21.4. The molecule has 1 aliphatic heterocycles. The maximum absolute atomic E-state index is 12.6. The van der Waals surface area contributed by atoms with Crippen molar-refractivity contribution in [1.29, 1.82) is 0 Å². The minimum absolute atomic E-state index is 0. The zero-order valence-corrected chi connectivity index (χ0v) is 14.2. The summed E-state index contributed by atoms with van der Waals surface area (Å²) >= 11 is 0. The molecule has 0 bridgehead atoms. The van der Waals surface area contributed by atoms with Crippen LogP contribution in [0.5, 0.6) is 0 Å². The molecule has 2 heterocycles. The summed E-state index contributed by atoms with van der Waals surface area (Å²) in [5, 5.41) is 10.7. The lowest BCUT2D eigenvalue weighted by Gasteiger charge is -2.28. The molecule has 2 aromatic rings. The number of benzene rings is 1. The Morgan fingerprint density at radius 3 is 2.96 bits per heavy atom. The maximum Gasteiger partial charge on any atom is 0.242 e. The number of sulfonamides is 1. The largest absolute Gasteiger partial charge is 0.383 e. The Morgan fingerprint density at radius 1 is 1.43 bits per heavy atom. The molecule has 0 aliphatic carbocycles. The third-order valence-electron chi connectivity index (χ3n) is 3.89. The fraction of sp³-hybridized carbons (Fsp3) is 0.538. The molecule has 1 aromatic carbocycles. The van der Waals surface area contributed by atoms with Gasteiger partial charge in [-0.1, -0.05) is 6.07 Å². The van der Waals surface area contributed by atoms with Gasteiger partial charge in [-0.3, -0.25) is 0 Å². The number of ether oxygens (including phenoxy) is 1. The van der Waals surface area contributed by atoms with Gasteiger partial charge in [-0.2, -0.15) is 0 Å². The molecular formula is C13H19ClN4O4S. The van der Waals surface area contributed by atoms with E-state index in [4.69, 9.17) is 4.74 Å². The van der Waals surface area contributed by atoms with Gasteiger partial charge in [-0.25, -0.2) is 17.8 Å². The number of hydrogen-bond acceptors (Lipinski definition) is 7. The number of aromatic nitrogens is 2. The zero-order chi connectivity index (χ0) is 15.6. The standard InChI is InChI=1S/C13H18N4O4S.ClH/c1-20-9-13(6-3-7-14-13)8-15-22(18,19)11-5-2-4-10-12(11)17-21-16-10;/h2,4-5,14-15H,3,6-9H2,1H3;1H. The van der Waals surface area contributed by atoms with E-state index in [9.17, 15) is 8.42 Å². The van der Waals surface area contributed by atoms with Crippen LogP contribution >= 0.6 is 12.4 Å². The minimum Gasteiger partial charge on any atom is -0.383 e. The van der Waals surface area contributed by atoms with E-state index in [0.29, 0.717) is 12.1 Å². The number of fused-ring (bicyclic) bond motifs is 1. The van der Waals surface area contributed by atoms with Gasteiger partial charge in [0.25, 0.3) is 0 Å². The van der Waals surface area contributed by atoms with Crippen LogP contribution in [0.1, 0.15) is 12.8 Å². The van der Waals surface area contributed by atoms with Crippen LogP contribution in [0.4, 0.5) is 0 Å². The van der Waals surface area contributed by atoms with E-state index in [2.05, 4.69) is 25.0 Å². The van der Waals surface area contributed by atoms with E-state index in [1.807, 2.05) is 0 Å². The Bertz CT molecular complexity index is 758. The molecule has 1 saturated heterocycles. The van der Waals surface area contributed by atoms with Crippen LogP contribution in [-0.2, 0) is 14.8 Å². The van der Waals surface area contributed by atoms with Gasteiger partial charge in [0.2, 0.25) is 10.0 Å². The van der Waals surface area contributed by atoms with Crippen LogP contribution in [0.25, 0.3) is 11.0 Å². The molecule has 8 nitrogen and oxygen atoms in total. The lowest BCUT2D eigenvalue weighted by molar-refractivity contribution is 0.122. The lowest BCUT2D eigenvalue weighted by atomic mass is 9.99. The van der Waals surface area contributed by atoms with E-state index < -0.39 is 10.0 Å². The predicted molar refractivity (Wildman–Crippen MR) is 86.1 cm³/mol. The Kier molecular flexibility index (Phi) is 5.58. The molecule has 2 N–H and O–H groups in total. The van der Waals surface area contributed by atoms with Gasteiger partial charge in [-0.05, 0) is 41.8 Å². The summed E-state index contributed by atoms with van der Waals surface area (Å²) < 4.78 is 37.6. The predicted octanol–water partition coefficient (Wildman–Crippen LogP) is 0.691. The van der Waals surface area contributed by atoms with Crippen LogP contribution < -0.4 is 10.0 Å². The summed E-state index contributed by atoms with van der Waals surface area (Å²) in [4.78, 5) is 0.0665. The second-order valence-electron chi connectivity index (χ2n) is 5.46. The fourth-order valence-corrected chi connectivity index (χ4v) is 4.06. The van der Waals surface area contributed by atoms with Gasteiger partial charge >= 0.3 is 0 Å². The molecule has 10 heteroatoms. The number of rotatable bonds is 6. The van der Waals surface area contributed by atoms with Crippen molar-refractivity contribution in [2.24, 2.45) is 0 Å². The number of methoxy groups -OCH3 is 1. The molecule has 0 spiro atoms. The third kappa shape index (κ3) is 3.64. The van der Waals surface area contributed by atoms with Crippen LogP contribution in [0, 0.1) is 0 Å². The van der Waals surface area contributed by atoms with E-state index in [1.54, 1.807) is 19.2 Å². The van der Waals surface area contributed by atoms with Crippen LogP contribution in [-0.4, -0.2) is 51.1 Å². The first-order valence-corrected chi connectivity index (χ1v) is 8.50. The van der Waals surface area contributed by atoms with Crippen LogP contribution in [0.2, 0.25) is 0 Å². The average molecular weight is 363 g/mol. The first-order chi connectivity index (χ1) is 10.6. The van der Waals surface area contributed by atoms with Crippen molar-refractivity contribution in [3.63, 3.8) is 0 Å². The van der Waals surface area contributed by atoms with Gasteiger partial charge in [0.15, 0.2) is 5.52 Å². The Morgan fingerprint density at radius 2 is 2.26 bits per heavy atom. The molecule has 1 atom stereocenters. The first-order valence-electron chi connectivity index (χ1n) is 7.01. The monoisotopic (exact) mass is 362 g/mol. The van der Waals surface area contributed by atoms with E-state index in [1.165, 1.54) is 6.07 Å². The van der Waals surface area contributed by atoms with E-state index >= 15 is 0 Å². The molecule has 128 valence electrons. The highest BCUT2D eigenvalue weighted by atomic mass is 35.5. The lowest BCUT2D eigenvalue weighted by Crippen LogP contribution is -2.52. The van der Waals surface area contributed by atoms with Crippen molar-refractivity contribution in [3.8, 4) is 0 Å². The molecule has 0 saturated carbocycles. The van der Waals surface area contributed by atoms with Gasteiger partial charge in [-0.15, -0.1) is 12.4 Å². The SMILES string of the molecule is COCC1(CNS(=O)(=O)c2cccc3nonc23)CCCN1.Cl. The van der Waals surface area contributed by atoms with Crippen molar-refractivity contribution in [1.82, 2.24) is 20.4 Å². The fourth-order valence-electron chi connectivity index (χ4n) is 2.78. The topological polar surface area (TPSA) is 106 Å². The maximum atomic E-state index is 12.6. The highest BCUT2D eigenvalue weighted by molar-refractivity contribution is 7.89. The van der Waals surface area contributed by atoms with Crippen LogP contribution in [0.15, 0.2) is 27.7 Å². The van der Waals surface area contributed by atoms with Crippen LogP contribution in [0.3, 0.4) is 0 Å². The average Bonchev–Trinajstić information content (AvgIpc) is 3.14. The van der Waals surface area contributed by atoms with Crippen molar-refractivity contribution < 1.29 is 17.8 Å². The van der Waals surface area contributed by atoms with Crippen molar-refractivity contribution >= 4 is 33.5 Å². The smallest absolute Gasteiger partial charge is 0.242 e. The molecule has 1 unspecified atom stereocenters. The Hall–Kier alpha value is -1.26. The number of nitrogens with zero attached hydrogens (tertiary/aromatic N) is 2. The highest BCUT2D eigenvalue weighted by Crippen LogP contribution is 2.22. The Labute approximate surface area is 140 Å². The summed E-state index contributed by atoms with van der Waals surface area (Å²) in [7, 11) is -2.10. The summed E-state index contributed by atoms with van der Waals surface area (Å²) in [6.07, 6.45) is 1.85. The van der Waals surface area contributed by atoms with Crippen molar-refractivity contribution in [3.05, 3.63) is 18.2 Å². The molecule has 1 aliphatic rings. The van der Waals surface area contributed by atoms with Gasteiger partial charge in [0.05, 0.1) is 12.1 Å². The Balaban J connectivity index is 0.00000192. The summed E-state index contributed by atoms with van der Waals surface area (Å²) in [5.41, 5.74) is 0.279. The number of halogens is 1. The van der Waals surface area contributed by atoms with Gasteiger partial charge in [0, 0.05) is 13.7 Å². The minimum atomic E-state index is -3.71. The second-order valence-corrected chi connectivity index (χ2v) is 7.19. The third-order valence-corrected chi connectivity index (χ3v) is 5.32. The summed E-state index contributed by atoms with van der Waals surface area (Å²) in [5.74, 6) is 0. The first kappa shape index (κ1) is 18.1. The highest BCUT2D eigenvalue weighted by Gasteiger charge is 2.35. The van der Waals surface area contributed by atoms with Crippen molar-refractivity contribution in [2.45, 2.75) is 23.3 Å². The molecule has 23 heavy (non-hydrogen) atoms. The summed E-state index contributed by atoms with van der Waals surface area (Å²) in [6, 6.07) is 4.75. The quantitative estimate of drug-likeness (QED) is 0.778. The van der Waals surface area contributed by atoms with E-state index in [0.717, 1.165) is 19.4 Å². The van der Waals surface area contributed by atoms with Gasteiger partial charge < -0.3 is 10.1 Å². The van der Waals surface area contributed by atoms with Gasteiger partial charge in [0.1, 0.15) is 10.4 Å². The molecule has 3 rings (SSSR count). The zero-order valence-electron chi connectivity index (χ0n) is 12.6. The van der Waals surface area contributed by atoms with Crippen molar-refractivity contribution in [2.75, 3.05) is 26.8 Å². The number of nitrogens with one attached hydrogen (secondary N) is 2. The van der Waals surface area contributed by atoms with E-state index in [-0.39, 0.29) is 34.9 Å². The molecule has 1 fully saturated rings. The molecule has 0 amide bonds. The second kappa shape index (κ2) is 7.10. The molecule has 1 aromatic heterocycles. The molecule has 0 radical (unpaired) electrons. The number of hydrogen-bond donors (Lipinski definition) is 2. The molecular weight excluding hydrogens is 344 g/mol.